The maximum Gasteiger partial charge on any atom is 0.130 e. The van der Waals surface area contributed by atoms with E-state index in [-0.39, 0.29) is 0 Å². The second kappa shape index (κ2) is 4.60. The van der Waals surface area contributed by atoms with E-state index in [0.29, 0.717) is 5.57 Å². The molecule has 16 heavy (non-hydrogen) atoms. The van der Waals surface area contributed by atoms with Crippen LogP contribution in [0.3, 0.4) is 0 Å². The highest BCUT2D eigenvalue weighted by molar-refractivity contribution is 5.70. The lowest BCUT2D eigenvalue weighted by molar-refractivity contribution is 0.275. The number of allylic oxidation sites excluding steroid dienone is 3. The normalized spacial score (nSPS) is 13.3. The molecule has 0 aromatic carbocycles. The molecule has 0 saturated heterocycles. The molecule has 2 heteroatoms. The second-order valence-corrected chi connectivity index (χ2v) is 4.47. The first-order valence-corrected chi connectivity index (χ1v) is 5.31. The largest absolute Gasteiger partial charge is 0.264 e. The molecule has 86 valence electrons. The molecule has 0 fully saturated rings. The van der Waals surface area contributed by atoms with Crippen LogP contribution in [0.15, 0.2) is 36.7 Å². The summed E-state index contributed by atoms with van der Waals surface area (Å²) in [5.74, 6) is 0. The topological polar surface area (TPSA) is 12.9 Å². The highest BCUT2D eigenvalue weighted by Crippen LogP contribution is 2.29. The average Bonchev–Trinajstić information content (AvgIpc) is 2.16. The third-order valence-corrected chi connectivity index (χ3v) is 2.56. The minimum absolute atomic E-state index is 0.611. The van der Waals surface area contributed by atoms with Crippen molar-refractivity contribution in [1.29, 1.82) is 0 Å². The lowest BCUT2D eigenvalue weighted by Crippen LogP contribution is -2.15. The Morgan fingerprint density at radius 1 is 1.44 bits per heavy atom. The average molecular weight is 219 g/mol. The van der Waals surface area contributed by atoms with E-state index in [1.165, 1.54) is 13.8 Å². The Hall–Kier alpha value is -1.44. The molecule has 0 N–H and O–H groups in total. The van der Waals surface area contributed by atoms with Crippen molar-refractivity contribution in [2.45, 2.75) is 33.4 Å². The predicted molar refractivity (Wildman–Crippen MR) is 67.0 cm³/mol. The molecule has 1 aromatic rings. The van der Waals surface area contributed by atoms with Crippen molar-refractivity contribution >= 4 is 5.57 Å². The van der Waals surface area contributed by atoms with Gasteiger partial charge in [-0.2, -0.15) is 0 Å². The minimum atomic E-state index is -1.38. The predicted octanol–water partition coefficient (Wildman–Crippen LogP) is 4.10. The van der Waals surface area contributed by atoms with Crippen LogP contribution in [0, 0.1) is 6.92 Å². The van der Waals surface area contributed by atoms with Crippen LogP contribution in [0.5, 0.6) is 0 Å². The van der Waals surface area contributed by atoms with Crippen LogP contribution < -0.4 is 0 Å². The first-order chi connectivity index (χ1) is 7.36. The van der Waals surface area contributed by atoms with Crippen molar-refractivity contribution < 1.29 is 4.39 Å². The first-order valence-electron chi connectivity index (χ1n) is 5.31. The molecule has 0 atom stereocenters. The highest BCUT2D eigenvalue weighted by Gasteiger charge is 2.22. The van der Waals surface area contributed by atoms with E-state index < -0.39 is 5.67 Å². The molecule has 1 nitrogen and oxygen atoms in total. The molecule has 0 bridgehead atoms. The van der Waals surface area contributed by atoms with E-state index in [0.717, 1.165) is 16.7 Å². The molecule has 1 rings (SSSR count). The Labute approximate surface area is 96.7 Å². The minimum Gasteiger partial charge on any atom is -0.264 e. The fraction of sp³-hybridized carbons (Fsp3) is 0.357. The number of hydrogen-bond acceptors (Lipinski definition) is 1. The summed E-state index contributed by atoms with van der Waals surface area (Å²) in [5, 5.41) is 0. The Morgan fingerprint density at radius 3 is 2.50 bits per heavy atom. The molecule has 1 heterocycles. The van der Waals surface area contributed by atoms with Gasteiger partial charge < -0.3 is 0 Å². The van der Waals surface area contributed by atoms with Crippen LogP contribution >= 0.6 is 0 Å². The maximum absolute atomic E-state index is 13.9. The van der Waals surface area contributed by atoms with Gasteiger partial charge in [0.05, 0.1) is 0 Å². The van der Waals surface area contributed by atoms with Crippen LogP contribution in [0.4, 0.5) is 4.39 Å². The number of nitrogens with zero attached hydrogens (tertiary/aromatic N) is 1. The third-order valence-electron chi connectivity index (χ3n) is 2.56. The SMILES string of the molecule is C=C/C(=C(\C)c1cncc(C)c1)C(C)(C)F. The Bertz CT molecular complexity index is 425. The van der Waals surface area contributed by atoms with Crippen molar-refractivity contribution in [2.24, 2.45) is 0 Å². The van der Waals surface area contributed by atoms with E-state index in [2.05, 4.69) is 11.6 Å². The van der Waals surface area contributed by atoms with Crippen molar-refractivity contribution in [2.75, 3.05) is 0 Å². The van der Waals surface area contributed by atoms with Gasteiger partial charge >= 0.3 is 0 Å². The summed E-state index contributed by atoms with van der Waals surface area (Å²) in [4.78, 5) is 4.11. The number of aryl methyl sites for hydroxylation is 1. The molecular weight excluding hydrogens is 201 g/mol. The summed E-state index contributed by atoms with van der Waals surface area (Å²) in [5.41, 5.74) is 2.13. The van der Waals surface area contributed by atoms with E-state index in [1.54, 1.807) is 18.5 Å². The summed E-state index contributed by atoms with van der Waals surface area (Å²) in [7, 11) is 0. The van der Waals surface area contributed by atoms with Gasteiger partial charge in [-0.3, -0.25) is 4.98 Å². The first kappa shape index (κ1) is 12.6. The summed E-state index contributed by atoms with van der Waals surface area (Å²) in [6.45, 7) is 10.6. The molecule has 0 aliphatic heterocycles. The van der Waals surface area contributed by atoms with Gasteiger partial charge in [-0.15, -0.1) is 0 Å². The summed E-state index contributed by atoms with van der Waals surface area (Å²) >= 11 is 0. The van der Waals surface area contributed by atoms with Gasteiger partial charge in [0.2, 0.25) is 0 Å². The monoisotopic (exact) mass is 219 g/mol. The van der Waals surface area contributed by atoms with Gasteiger partial charge in [0.15, 0.2) is 0 Å². The zero-order valence-corrected chi connectivity index (χ0v) is 10.3. The quantitative estimate of drug-likeness (QED) is 0.697. The van der Waals surface area contributed by atoms with Crippen molar-refractivity contribution in [3.63, 3.8) is 0 Å². The number of halogens is 1. The maximum atomic E-state index is 13.9. The van der Waals surface area contributed by atoms with Crippen LogP contribution in [0.1, 0.15) is 31.9 Å². The molecule has 0 saturated carbocycles. The van der Waals surface area contributed by atoms with Crippen molar-refractivity contribution in [3.05, 3.63) is 47.8 Å². The lowest BCUT2D eigenvalue weighted by Gasteiger charge is -2.19. The van der Waals surface area contributed by atoms with Gasteiger partial charge in [-0.1, -0.05) is 12.7 Å². The zero-order chi connectivity index (χ0) is 12.3. The molecule has 0 radical (unpaired) electrons. The molecular formula is C14H18FN. The van der Waals surface area contributed by atoms with Crippen LogP contribution in [-0.2, 0) is 0 Å². The van der Waals surface area contributed by atoms with Crippen LogP contribution in [0.25, 0.3) is 5.57 Å². The van der Waals surface area contributed by atoms with Gasteiger partial charge in [0.25, 0.3) is 0 Å². The second-order valence-electron chi connectivity index (χ2n) is 4.47. The van der Waals surface area contributed by atoms with Crippen LogP contribution in [0.2, 0.25) is 0 Å². The van der Waals surface area contributed by atoms with E-state index in [1.807, 2.05) is 19.9 Å². The van der Waals surface area contributed by atoms with Crippen molar-refractivity contribution in [1.82, 2.24) is 4.98 Å². The number of alkyl halides is 1. The van der Waals surface area contributed by atoms with E-state index >= 15 is 0 Å². The Balaban J connectivity index is 3.31. The standard InChI is InChI=1S/C14H18FN/c1-6-13(14(4,5)15)11(3)12-7-10(2)8-16-9-12/h6-9H,1H2,2-5H3/b13-11-. The zero-order valence-electron chi connectivity index (χ0n) is 10.3. The Kier molecular flexibility index (Phi) is 3.63. The number of aromatic nitrogens is 1. The number of hydrogen-bond donors (Lipinski definition) is 0. The smallest absolute Gasteiger partial charge is 0.130 e. The van der Waals surface area contributed by atoms with Gasteiger partial charge in [0.1, 0.15) is 5.67 Å². The fourth-order valence-electron chi connectivity index (χ4n) is 1.76. The summed E-state index contributed by atoms with van der Waals surface area (Å²) in [6, 6.07) is 2.00. The molecule has 0 spiro atoms. The lowest BCUT2D eigenvalue weighted by atomic mass is 9.92. The molecule has 0 aliphatic rings. The van der Waals surface area contributed by atoms with E-state index in [9.17, 15) is 4.39 Å². The van der Waals surface area contributed by atoms with Crippen molar-refractivity contribution in [3.8, 4) is 0 Å². The summed E-state index contributed by atoms with van der Waals surface area (Å²) in [6.07, 6.45) is 5.11. The highest BCUT2D eigenvalue weighted by atomic mass is 19.1. The van der Waals surface area contributed by atoms with Gasteiger partial charge in [-0.05, 0) is 56.0 Å². The fourth-order valence-corrected chi connectivity index (χ4v) is 1.76. The third kappa shape index (κ3) is 2.78. The molecule has 0 aliphatic carbocycles. The molecule has 1 aromatic heterocycles. The van der Waals surface area contributed by atoms with Crippen LogP contribution in [-0.4, -0.2) is 10.7 Å². The molecule has 0 unspecified atom stereocenters. The van der Waals surface area contributed by atoms with E-state index in [4.69, 9.17) is 0 Å². The molecule has 0 amide bonds. The van der Waals surface area contributed by atoms with Gasteiger partial charge in [0, 0.05) is 12.4 Å². The van der Waals surface area contributed by atoms with Gasteiger partial charge in [-0.25, -0.2) is 4.39 Å². The number of rotatable bonds is 3. The summed E-state index contributed by atoms with van der Waals surface area (Å²) < 4.78 is 13.9. The number of pyridine rings is 1. The Morgan fingerprint density at radius 2 is 2.06 bits per heavy atom.